The highest BCUT2D eigenvalue weighted by Crippen LogP contribution is 2.45. The molecule has 1 aliphatic carbocycles. The van der Waals surface area contributed by atoms with E-state index in [1.165, 1.54) is 22.3 Å². The number of hydrogen-bond acceptors (Lipinski definition) is 2. The SMILES string of the molecule is Cc1ccc(S(=O)(=O)N2CC3=C(CC2c2ccc4ccccc4c2)c2ccccc2CC3)cc1. The third kappa shape index (κ3) is 3.58. The molecule has 3 nitrogen and oxygen atoms in total. The second-order valence-electron chi connectivity index (χ2n) is 9.43. The molecule has 170 valence electrons. The maximum absolute atomic E-state index is 14.0. The largest absolute Gasteiger partial charge is 0.243 e. The van der Waals surface area contributed by atoms with Crippen LogP contribution in [0.25, 0.3) is 16.3 Å². The van der Waals surface area contributed by atoms with Crippen molar-refractivity contribution >= 4 is 26.4 Å². The first-order chi connectivity index (χ1) is 16.5. The molecule has 0 spiro atoms. The van der Waals surface area contributed by atoms with Gasteiger partial charge in [0.15, 0.2) is 0 Å². The van der Waals surface area contributed by atoms with Gasteiger partial charge in [0.25, 0.3) is 0 Å². The smallest absolute Gasteiger partial charge is 0.207 e. The van der Waals surface area contributed by atoms with Crippen molar-refractivity contribution in [2.75, 3.05) is 6.54 Å². The second-order valence-corrected chi connectivity index (χ2v) is 11.3. The van der Waals surface area contributed by atoms with E-state index in [-0.39, 0.29) is 6.04 Å². The minimum Gasteiger partial charge on any atom is -0.207 e. The van der Waals surface area contributed by atoms with Crippen LogP contribution in [0, 0.1) is 6.92 Å². The standard InChI is InChI=1S/C30H27NO2S/c1-21-10-16-27(17-11-21)34(32,33)31-20-26-15-13-23-7-4-5-9-28(23)29(26)19-30(31)25-14-12-22-6-2-3-8-24(22)18-25/h2-12,14,16-18,30H,13,15,19-20H2,1H3. The Hall–Kier alpha value is -3.21. The van der Waals surface area contributed by atoms with Gasteiger partial charge in [0, 0.05) is 6.54 Å². The summed E-state index contributed by atoms with van der Waals surface area (Å²) in [6.07, 6.45) is 2.57. The van der Waals surface area contributed by atoms with E-state index >= 15 is 0 Å². The molecule has 1 aliphatic heterocycles. The number of benzene rings is 4. The molecule has 0 bridgehead atoms. The molecule has 4 aromatic rings. The van der Waals surface area contributed by atoms with Crippen molar-refractivity contribution < 1.29 is 8.42 Å². The zero-order valence-corrected chi connectivity index (χ0v) is 20.1. The normalized spacial score (nSPS) is 18.6. The van der Waals surface area contributed by atoms with E-state index in [1.807, 2.05) is 31.2 Å². The number of aryl methyl sites for hydroxylation is 2. The van der Waals surface area contributed by atoms with Crippen molar-refractivity contribution in [1.82, 2.24) is 4.31 Å². The Morgan fingerprint density at radius 1 is 0.794 bits per heavy atom. The minimum atomic E-state index is -3.66. The molecule has 6 rings (SSSR count). The minimum absolute atomic E-state index is 0.249. The number of fused-ring (bicyclic) bond motifs is 3. The summed E-state index contributed by atoms with van der Waals surface area (Å²) in [4.78, 5) is 0.365. The van der Waals surface area contributed by atoms with E-state index < -0.39 is 10.0 Å². The molecule has 2 aliphatic rings. The third-order valence-corrected chi connectivity index (χ3v) is 9.21. The maximum atomic E-state index is 14.0. The molecular weight excluding hydrogens is 438 g/mol. The Bertz CT molecular complexity index is 1530. The second kappa shape index (κ2) is 8.23. The van der Waals surface area contributed by atoms with Crippen molar-refractivity contribution in [3.63, 3.8) is 0 Å². The first kappa shape index (κ1) is 21.3. The Morgan fingerprint density at radius 2 is 1.53 bits per heavy atom. The monoisotopic (exact) mass is 465 g/mol. The summed E-state index contributed by atoms with van der Waals surface area (Å²) >= 11 is 0. The molecule has 34 heavy (non-hydrogen) atoms. The van der Waals surface area contributed by atoms with E-state index in [2.05, 4.69) is 54.6 Å². The van der Waals surface area contributed by atoms with Gasteiger partial charge in [-0.2, -0.15) is 4.31 Å². The molecule has 0 radical (unpaired) electrons. The lowest BCUT2D eigenvalue weighted by Crippen LogP contribution is -2.40. The molecule has 1 unspecified atom stereocenters. The molecule has 1 heterocycles. The van der Waals surface area contributed by atoms with Crippen LogP contribution in [0.15, 0.2) is 101 Å². The predicted molar refractivity (Wildman–Crippen MR) is 138 cm³/mol. The first-order valence-corrected chi connectivity index (χ1v) is 13.3. The van der Waals surface area contributed by atoms with Gasteiger partial charge in [0.05, 0.1) is 10.9 Å². The quantitative estimate of drug-likeness (QED) is 0.338. The van der Waals surface area contributed by atoms with E-state index in [4.69, 9.17) is 0 Å². The van der Waals surface area contributed by atoms with Gasteiger partial charge in [-0.15, -0.1) is 0 Å². The van der Waals surface area contributed by atoms with Crippen LogP contribution in [0.4, 0.5) is 0 Å². The van der Waals surface area contributed by atoms with E-state index in [0.29, 0.717) is 17.9 Å². The Labute approximate surface area is 201 Å². The fraction of sp³-hybridized carbons (Fsp3) is 0.200. The summed E-state index contributed by atoms with van der Waals surface area (Å²) in [6, 6.07) is 30.2. The molecule has 0 N–H and O–H groups in total. The summed E-state index contributed by atoms with van der Waals surface area (Å²) in [5, 5.41) is 2.30. The van der Waals surface area contributed by atoms with Crippen LogP contribution in [-0.4, -0.2) is 19.3 Å². The zero-order chi connectivity index (χ0) is 23.3. The number of nitrogens with zero attached hydrogens (tertiary/aromatic N) is 1. The van der Waals surface area contributed by atoms with Gasteiger partial charge in [0.2, 0.25) is 10.0 Å². The van der Waals surface area contributed by atoms with E-state index in [0.717, 1.165) is 34.7 Å². The van der Waals surface area contributed by atoms with Crippen LogP contribution < -0.4 is 0 Å². The van der Waals surface area contributed by atoms with Crippen LogP contribution in [0.1, 0.15) is 41.1 Å². The zero-order valence-electron chi connectivity index (χ0n) is 19.2. The Kier molecular flexibility index (Phi) is 5.16. The molecule has 0 aromatic heterocycles. The van der Waals surface area contributed by atoms with Gasteiger partial charge in [-0.3, -0.25) is 0 Å². The molecule has 4 heteroatoms. The summed E-state index contributed by atoms with van der Waals surface area (Å²) < 4.78 is 29.7. The highest BCUT2D eigenvalue weighted by atomic mass is 32.2. The van der Waals surface area contributed by atoms with Gasteiger partial charge < -0.3 is 0 Å². The molecule has 4 aromatic carbocycles. The first-order valence-electron chi connectivity index (χ1n) is 11.9. The average Bonchev–Trinajstić information content (AvgIpc) is 2.88. The van der Waals surface area contributed by atoms with Crippen molar-refractivity contribution in [2.45, 2.75) is 37.1 Å². The Morgan fingerprint density at radius 3 is 2.35 bits per heavy atom. The van der Waals surface area contributed by atoms with Crippen LogP contribution >= 0.6 is 0 Å². The van der Waals surface area contributed by atoms with Gasteiger partial charge in [-0.05, 0) is 77.4 Å². The highest BCUT2D eigenvalue weighted by molar-refractivity contribution is 7.89. The van der Waals surface area contributed by atoms with Gasteiger partial charge in [0.1, 0.15) is 0 Å². The number of hydrogen-bond donors (Lipinski definition) is 0. The maximum Gasteiger partial charge on any atom is 0.243 e. The molecular formula is C30H27NO2S. The van der Waals surface area contributed by atoms with Crippen molar-refractivity contribution in [3.05, 3.63) is 119 Å². The summed E-state index contributed by atoms with van der Waals surface area (Å²) in [5.41, 5.74) is 7.35. The molecule has 0 fully saturated rings. The topological polar surface area (TPSA) is 37.4 Å². The van der Waals surface area contributed by atoms with Crippen LogP contribution in [-0.2, 0) is 16.4 Å². The molecule has 0 amide bonds. The van der Waals surface area contributed by atoms with Gasteiger partial charge in [-0.25, -0.2) is 8.42 Å². The van der Waals surface area contributed by atoms with Crippen molar-refractivity contribution in [2.24, 2.45) is 0 Å². The summed E-state index contributed by atoms with van der Waals surface area (Å²) in [6.45, 7) is 2.42. The van der Waals surface area contributed by atoms with Crippen LogP contribution in [0.2, 0.25) is 0 Å². The number of rotatable bonds is 3. The Balaban J connectivity index is 1.50. The molecule has 0 saturated heterocycles. The van der Waals surface area contributed by atoms with Crippen LogP contribution in [0.5, 0.6) is 0 Å². The van der Waals surface area contributed by atoms with Gasteiger partial charge >= 0.3 is 0 Å². The van der Waals surface area contributed by atoms with Crippen LogP contribution in [0.3, 0.4) is 0 Å². The van der Waals surface area contributed by atoms with E-state index in [9.17, 15) is 8.42 Å². The third-order valence-electron chi connectivity index (χ3n) is 7.34. The lowest BCUT2D eigenvalue weighted by atomic mass is 9.79. The van der Waals surface area contributed by atoms with Gasteiger partial charge in [-0.1, -0.05) is 83.9 Å². The molecule has 0 saturated carbocycles. The molecule has 1 atom stereocenters. The number of sulfonamides is 1. The lowest BCUT2D eigenvalue weighted by Gasteiger charge is -2.40. The van der Waals surface area contributed by atoms with Crippen molar-refractivity contribution in [3.8, 4) is 0 Å². The summed E-state index contributed by atoms with van der Waals surface area (Å²) in [5.74, 6) is 0. The fourth-order valence-electron chi connectivity index (χ4n) is 5.48. The van der Waals surface area contributed by atoms with Crippen molar-refractivity contribution in [1.29, 1.82) is 0 Å². The lowest BCUT2D eigenvalue weighted by molar-refractivity contribution is 0.331. The highest BCUT2D eigenvalue weighted by Gasteiger charge is 2.39. The fourth-order valence-corrected chi connectivity index (χ4v) is 7.09. The average molecular weight is 466 g/mol. The predicted octanol–water partition coefficient (Wildman–Crippen LogP) is 6.68. The summed E-state index contributed by atoms with van der Waals surface area (Å²) in [7, 11) is -3.66. The van der Waals surface area contributed by atoms with E-state index in [1.54, 1.807) is 16.4 Å².